The molecule has 0 amide bonds. The maximum atomic E-state index is 10.1. The lowest BCUT2D eigenvalue weighted by atomic mass is 10.2. The zero-order chi connectivity index (χ0) is 9.40. The van der Waals surface area contributed by atoms with E-state index < -0.39 is 0 Å². The predicted octanol–water partition coefficient (Wildman–Crippen LogP) is 1.06. The van der Waals surface area contributed by atoms with Crippen molar-refractivity contribution in [2.45, 2.75) is 20.3 Å². The van der Waals surface area contributed by atoms with Crippen LogP contribution in [0, 0.1) is 17.2 Å². The highest BCUT2D eigenvalue weighted by atomic mass is 16.1. The SMILES string of the molecule is CCN(CCC=O)CC(C)C#N. The summed E-state index contributed by atoms with van der Waals surface area (Å²) >= 11 is 0. The Morgan fingerprint density at radius 2 is 2.33 bits per heavy atom. The van der Waals surface area contributed by atoms with Crippen LogP contribution in [-0.2, 0) is 4.79 Å². The monoisotopic (exact) mass is 168 g/mol. The van der Waals surface area contributed by atoms with Crippen LogP contribution in [0.25, 0.3) is 0 Å². The van der Waals surface area contributed by atoms with Crippen molar-refractivity contribution in [3.05, 3.63) is 0 Å². The highest BCUT2D eigenvalue weighted by molar-refractivity contribution is 5.49. The fourth-order valence-corrected chi connectivity index (χ4v) is 1.04. The first-order chi connectivity index (χ1) is 5.74. The van der Waals surface area contributed by atoms with Gasteiger partial charge in [0.1, 0.15) is 6.29 Å². The van der Waals surface area contributed by atoms with E-state index in [0.717, 1.165) is 25.9 Å². The van der Waals surface area contributed by atoms with Gasteiger partial charge in [0.25, 0.3) is 0 Å². The molecule has 0 radical (unpaired) electrons. The van der Waals surface area contributed by atoms with Crippen LogP contribution in [0.15, 0.2) is 0 Å². The third-order valence-electron chi connectivity index (χ3n) is 1.76. The van der Waals surface area contributed by atoms with Gasteiger partial charge in [-0.15, -0.1) is 0 Å². The number of nitriles is 1. The summed E-state index contributed by atoms with van der Waals surface area (Å²) in [6.07, 6.45) is 1.48. The molecule has 0 heterocycles. The van der Waals surface area contributed by atoms with Gasteiger partial charge in [-0.2, -0.15) is 5.26 Å². The third kappa shape index (κ3) is 4.86. The molecule has 12 heavy (non-hydrogen) atoms. The van der Waals surface area contributed by atoms with Crippen molar-refractivity contribution in [3.63, 3.8) is 0 Å². The van der Waals surface area contributed by atoms with Gasteiger partial charge in [-0.25, -0.2) is 0 Å². The predicted molar refractivity (Wildman–Crippen MR) is 47.6 cm³/mol. The minimum Gasteiger partial charge on any atom is -0.303 e. The van der Waals surface area contributed by atoms with Crippen LogP contribution in [0.1, 0.15) is 20.3 Å². The Balaban J connectivity index is 3.67. The summed E-state index contributed by atoms with van der Waals surface area (Å²) in [7, 11) is 0. The second kappa shape index (κ2) is 6.81. The summed E-state index contributed by atoms with van der Waals surface area (Å²) in [6.45, 7) is 6.37. The first-order valence-electron chi connectivity index (χ1n) is 4.30. The zero-order valence-electron chi connectivity index (χ0n) is 7.79. The molecular formula is C9H16N2O. The summed E-state index contributed by atoms with van der Waals surface area (Å²) in [5, 5.41) is 8.56. The van der Waals surface area contributed by atoms with E-state index in [1.807, 2.05) is 13.8 Å². The first-order valence-corrected chi connectivity index (χ1v) is 4.30. The van der Waals surface area contributed by atoms with Gasteiger partial charge in [0.05, 0.1) is 12.0 Å². The van der Waals surface area contributed by atoms with Gasteiger partial charge in [0, 0.05) is 19.5 Å². The van der Waals surface area contributed by atoms with E-state index >= 15 is 0 Å². The van der Waals surface area contributed by atoms with Crippen molar-refractivity contribution in [1.29, 1.82) is 5.26 Å². The van der Waals surface area contributed by atoms with Crippen molar-refractivity contribution in [2.75, 3.05) is 19.6 Å². The molecule has 3 heteroatoms. The van der Waals surface area contributed by atoms with Crippen molar-refractivity contribution in [2.24, 2.45) is 5.92 Å². The van der Waals surface area contributed by atoms with Gasteiger partial charge in [-0.05, 0) is 13.5 Å². The molecule has 0 N–H and O–H groups in total. The molecule has 0 aliphatic rings. The van der Waals surface area contributed by atoms with E-state index in [1.54, 1.807) is 0 Å². The Morgan fingerprint density at radius 1 is 1.67 bits per heavy atom. The number of carbonyl (C=O) groups excluding carboxylic acids is 1. The summed E-state index contributed by atoms with van der Waals surface area (Å²) in [5.41, 5.74) is 0. The van der Waals surface area contributed by atoms with Crippen LogP contribution < -0.4 is 0 Å². The molecule has 0 bridgehead atoms. The number of hydrogen-bond acceptors (Lipinski definition) is 3. The van der Waals surface area contributed by atoms with Gasteiger partial charge in [-0.3, -0.25) is 0 Å². The van der Waals surface area contributed by atoms with Crippen LogP contribution in [0.5, 0.6) is 0 Å². The Kier molecular flexibility index (Phi) is 6.31. The molecule has 0 aliphatic heterocycles. The van der Waals surface area contributed by atoms with E-state index in [1.165, 1.54) is 0 Å². The van der Waals surface area contributed by atoms with Crippen LogP contribution >= 0.6 is 0 Å². The minimum atomic E-state index is 0.0524. The average molecular weight is 168 g/mol. The molecule has 0 aromatic rings. The molecule has 0 aromatic heterocycles. The molecule has 0 aliphatic carbocycles. The number of aldehydes is 1. The maximum absolute atomic E-state index is 10.1. The van der Waals surface area contributed by atoms with E-state index in [9.17, 15) is 4.79 Å². The normalized spacial score (nSPS) is 12.5. The van der Waals surface area contributed by atoms with Crippen molar-refractivity contribution in [1.82, 2.24) is 4.90 Å². The highest BCUT2D eigenvalue weighted by Gasteiger charge is 2.06. The van der Waals surface area contributed by atoms with Crippen LogP contribution in [0.3, 0.4) is 0 Å². The van der Waals surface area contributed by atoms with Gasteiger partial charge >= 0.3 is 0 Å². The summed E-state index contributed by atoms with van der Waals surface area (Å²) in [5.74, 6) is 0.0524. The highest BCUT2D eigenvalue weighted by Crippen LogP contribution is 1.98. The van der Waals surface area contributed by atoms with E-state index in [2.05, 4.69) is 11.0 Å². The van der Waals surface area contributed by atoms with E-state index in [0.29, 0.717) is 6.42 Å². The van der Waals surface area contributed by atoms with Crippen LogP contribution in [0.4, 0.5) is 0 Å². The first kappa shape index (κ1) is 11.1. The number of nitrogens with zero attached hydrogens (tertiary/aromatic N) is 2. The molecule has 1 atom stereocenters. The number of hydrogen-bond donors (Lipinski definition) is 0. The molecule has 0 saturated carbocycles. The molecular weight excluding hydrogens is 152 g/mol. The largest absolute Gasteiger partial charge is 0.303 e. The summed E-state index contributed by atoms with van der Waals surface area (Å²) in [6, 6.07) is 2.18. The van der Waals surface area contributed by atoms with Crippen LogP contribution in [-0.4, -0.2) is 30.8 Å². The third-order valence-corrected chi connectivity index (χ3v) is 1.76. The quantitative estimate of drug-likeness (QED) is 0.557. The lowest BCUT2D eigenvalue weighted by molar-refractivity contribution is -0.108. The Hall–Kier alpha value is -0.880. The molecule has 3 nitrogen and oxygen atoms in total. The standard InChI is InChI=1S/C9H16N2O/c1-3-11(5-4-6-12)8-9(2)7-10/h6,9H,3-5,8H2,1-2H3. The molecule has 0 fully saturated rings. The van der Waals surface area contributed by atoms with Gasteiger partial charge in [-0.1, -0.05) is 6.92 Å². The number of carbonyl (C=O) groups is 1. The van der Waals surface area contributed by atoms with Crippen molar-refractivity contribution < 1.29 is 4.79 Å². The molecule has 0 spiro atoms. The van der Waals surface area contributed by atoms with E-state index in [-0.39, 0.29) is 5.92 Å². The van der Waals surface area contributed by atoms with E-state index in [4.69, 9.17) is 5.26 Å². The second-order valence-electron chi connectivity index (χ2n) is 2.88. The van der Waals surface area contributed by atoms with Crippen LogP contribution in [0.2, 0.25) is 0 Å². The van der Waals surface area contributed by atoms with Gasteiger partial charge in [0.15, 0.2) is 0 Å². The van der Waals surface area contributed by atoms with Crippen molar-refractivity contribution >= 4 is 6.29 Å². The molecule has 1 unspecified atom stereocenters. The molecule has 0 saturated heterocycles. The fourth-order valence-electron chi connectivity index (χ4n) is 1.04. The maximum Gasteiger partial charge on any atom is 0.121 e. The Morgan fingerprint density at radius 3 is 2.75 bits per heavy atom. The van der Waals surface area contributed by atoms with Crippen molar-refractivity contribution in [3.8, 4) is 6.07 Å². The van der Waals surface area contributed by atoms with Gasteiger partial charge < -0.3 is 9.69 Å². The molecule has 68 valence electrons. The minimum absolute atomic E-state index is 0.0524. The van der Waals surface area contributed by atoms with Gasteiger partial charge in [0.2, 0.25) is 0 Å². The lowest BCUT2D eigenvalue weighted by Gasteiger charge is -2.19. The topological polar surface area (TPSA) is 44.1 Å². The molecule has 0 rings (SSSR count). The zero-order valence-corrected chi connectivity index (χ0v) is 7.79. The molecule has 0 aromatic carbocycles. The Bertz CT molecular complexity index is 162. The average Bonchev–Trinajstić information content (AvgIpc) is 2.11. The summed E-state index contributed by atoms with van der Waals surface area (Å²) in [4.78, 5) is 12.2. The lowest BCUT2D eigenvalue weighted by Crippen LogP contribution is -2.29. The smallest absolute Gasteiger partial charge is 0.121 e. The Labute approximate surface area is 74.0 Å². The second-order valence-corrected chi connectivity index (χ2v) is 2.88. The summed E-state index contributed by atoms with van der Waals surface area (Å²) < 4.78 is 0. The fraction of sp³-hybridized carbons (Fsp3) is 0.778. The number of rotatable bonds is 6.